The first-order chi connectivity index (χ1) is 9.54. The third kappa shape index (κ3) is 6.13. The standard InChI is InChI=1S/C14H26N2O4S/c1-5-6-11(16-14(2,3)4)12(17)13(18)15-10-7-8-21(19,20)9-10/h10-11,16H,5-9H2,1-4H3,(H,15,18). The SMILES string of the molecule is CCCC(NC(C)(C)C)C(=O)C(=O)NC1CCS(=O)(=O)C1. The van der Waals surface area contributed by atoms with Crippen molar-refractivity contribution >= 4 is 21.5 Å². The predicted molar refractivity (Wildman–Crippen MR) is 81.8 cm³/mol. The van der Waals surface area contributed by atoms with Gasteiger partial charge in [-0.15, -0.1) is 0 Å². The van der Waals surface area contributed by atoms with E-state index in [1.807, 2.05) is 27.7 Å². The minimum absolute atomic E-state index is 0.0723. The Morgan fingerprint density at radius 3 is 2.33 bits per heavy atom. The van der Waals surface area contributed by atoms with Crippen molar-refractivity contribution in [2.45, 2.75) is 64.6 Å². The maximum absolute atomic E-state index is 12.2. The first kappa shape index (κ1) is 18.1. The van der Waals surface area contributed by atoms with Crippen molar-refractivity contribution in [2.24, 2.45) is 0 Å². The molecular formula is C14H26N2O4S. The van der Waals surface area contributed by atoms with Gasteiger partial charge >= 0.3 is 0 Å². The second kappa shape index (κ2) is 6.87. The Morgan fingerprint density at radius 1 is 1.29 bits per heavy atom. The normalized spacial score (nSPS) is 22.8. The fourth-order valence-electron chi connectivity index (χ4n) is 2.40. The molecule has 0 saturated carbocycles. The molecule has 1 aliphatic rings. The van der Waals surface area contributed by atoms with Gasteiger partial charge in [0.2, 0.25) is 5.78 Å². The van der Waals surface area contributed by atoms with Crippen LogP contribution < -0.4 is 10.6 Å². The second-order valence-corrected chi connectivity index (χ2v) is 8.90. The minimum atomic E-state index is -3.07. The number of hydrogen-bond donors (Lipinski definition) is 2. The number of sulfone groups is 1. The van der Waals surface area contributed by atoms with E-state index in [-0.39, 0.29) is 17.0 Å². The number of rotatable bonds is 6. The monoisotopic (exact) mass is 318 g/mol. The number of ketones is 1. The lowest BCUT2D eigenvalue weighted by Crippen LogP contribution is -2.53. The van der Waals surface area contributed by atoms with Crippen molar-refractivity contribution in [2.75, 3.05) is 11.5 Å². The van der Waals surface area contributed by atoms with Gasteiger partial charge in [-0.2, -0.15) is 0 Å². The zero-order valence-corrected chi connectivity index (χ0v) is 14.0. The summed E-state index contributed by atoms with van der Waals surface area (Å²) >= 11 is 0. The van der Waals surface area contributed by atoms with Crippen LogP contribution in [-0.2, 0) is 19.4 Å². The number of amides is 1. The molecule has 122 valence electrons. The summed E-state index contributed by atoms with van der Waals surface area (Å²) in [5.74, 6) is -1.20. The smallest absolute Gasteiger partial charge is 0.289 e. The van der Waals surface area contributed by atoms with Gasteiger partial charge < -0.3 is 10.6 Å². The highest BCUT2D eigenvalue weighted by atomic mass is 32.2. The van der Waals surface area contributed by atoms with E-state index in [0.717, 1.165) is 6.42 Å². The zero-order valence-electron chi connectivity index (χ0n) is 13.2. The Hall–Kier alpha value is -0.950. The van der Waals surface area contributed by atoms with E-state index >= 15 is 0 Å². The van der Waals surface area contributed by atoms with Crippen LogP contribution in [0.3, 0.4) is 0 Å². The van der Waals surface area contributed by atoms with Gasteiger partial charge in [0.15, 0.2) is 9.84 Å². The lowest BCUT2D eigenvalue weighted by Gasteiger charge is -2.27. The summed E-state index contributed by atoms with van der Waals surface area (Å²) in [6.07, 6.45) is 1.74. The Morgan fingerprint density at radius 2 is 1.90 bits per heavy atom. The summed E-state index contributed by atoms with van der Waals surface area (Å²) in [6, 6.07) is -0.976. The van der Waals surface area contributed by atoms with Crippen LogP contribution in [0, 0.1) is 0 Å². The first-order valence-corrected chi connectivity index (χ1v) is 9.19. The fraction of sp³-hybridized carbons (Fsp3) is 0.857. The highest BCUT2D eigenvalue weighted by molar-refractivity contribution is 7.91. The van der Waals surface area contributed by atoms with E-state index in [4.69, 9.17) is 0 Å². The molecule has 0 radical (unpaired) electrons. The molecule has 0 aliphatic carbocycles. The third-order valence-corrected chi connectivity index (χ3v) is 5.06. The van der Waals surface area contributed by atoms with E-state index < -0.39 is 33.6 Å². The molecule has 1 aliphatic heterocycles. The molecule has 0 aromatic carbocycles. The predicted octanol–water partition coefficient (Wildman–Crippen LogP) is 0.416. The topological polar surface area (TPSA) is 92.3 Å². The quantitative estimate of drug-likeness (QED) is 0.692. The van der Waals surface area contributed by atoms with Gasteiger partial charge in [0.1, 0.15) is 0 Å². The Kier molecular flexibility index (Phi) is 5.92. The lowest BCUT2D eigenvalue weighted by molar-refractivity contribution is -0.139. The maximum atomic E-state index is 12.2. The summed E-state index contributed by atoms with van der Waals surface area (Å²) < 4.78 is 22.7. The lowest BCUT2D eigenvalue weighted by atomic mass is 10.0. The van der Waals surface area contributed by atoms with Crippen LogP contribution in [0.2, 0.25) is 0 Å². The van der Waals surface area contributed by atoms with Gasteiger partial charge in [0.05, 0.1) is 17.5 Å². The summed E-state index contributed by atoms with van der Waals surface area (Å²) in [5.41, 5.74) is -0.271. The average Bonchev–Trinajstić information content (AvgIpc) is 2.65. The fourth-order valence-corrected chi connectivity index (χ4v) is 4.08. The Bertz CT molecular complexity index is 494. The van der Waals surface area contributed by atoms with Crippen molar-refractivity contribution in [3.05, 3.63) is 0 Å². The summed E-state index contributed by atoms with van der Waals surface area (Å²) in [4.78, 5) is 24.3. The third-order valence-electron chi connectivity index (χ3n) is 3.29. The number of Topliss-reactive ketones (excluding diaryl/α,β-unsaturated/α-hetero) is 1. The second-order valence-electron chi connectivity index (χ2n) is 6.67. The summed E-state index contributed by atoms with van der Waals surface area (Å²) in [7, 11) is -3.07. The van der Waals surface area contributed by atoms with Gasteiger partial charge in [-0.25, -0.2) is 8.42 Å². The Labute approximate surface area is 127 Å². The zero-order chi connectivity index (χ0) is 16.3. The highest BCUT2D eigenvalue weighted by Gasteiger charge is 2.33. The molecule has 2 N–H and O–H groups in total. The molecule has 7 heteroatoms. The van der Waals surface area contributed by atoms with Crippen LogP contribution in [0.4, 0.5) is 0 Å². The molecule has 1 rings (SSSR count). The Balaban J connectivity index is 2.64. The molecule has 2 unspecified atom stereocenters. The molecule has 21 heavy (non-hydrogen) atoms. The van der Waals surface area contributed by atoms with E-state index in [1.54, 1.807) is 0 Å². The van der Waals surface area contributed by atoms with Crippen molar-refractivity contribution in [1.29, 1.82) is 0 Å². The van der Waals surface area contributed by atoms with Crippen LogP contribution in [0.5, 0.6) is 0 Å². The molecule has 1 fully saturated rings. The molecule has 1 amide bonds. The number of carbonyl (C=O) groups is 2. The van der Waals surface area contributed by atoms with Crippen LogP contribution in [0.1, 0.15) is 47.0 Å². The summed E-state index contributed by atoms with van der Waals surface area (Å²) in [6.45, 7) is 7.76. The molecule has 6 nitrogen and oxygen atoms in total. The molecular weight excluding hydrogens is 292 g/mol. The number of carbonyl (C=O) groups excluding carboxylic acids is 2. The average molecular weight is 318 g/mol. The van der Waals surface area contributed by atoms with E-state index in [9.17, 15) is 18.0 Å². The number of hydrogen-bond acceptors (Lipinski definition) is 5. The minimum Gasteiger partial charge on any atom is -0.346 e. The molecule has 0 spiro atoms. The first-order valence-electron chi connectivity index (χ1n) is 7.37. The van der Waals surface area contributed by atoms with Crippen LogP contribution in [0.15, 0.2) is 0 Å². The van der Waals surface area contributed by atoms with Crippen molar-refractivity contribution in [3.8, 4) is 0 Å². The van der Waals surface area contributed by atoms with E-state index in [1.165, 1.54) is 0 Å². The number of nitrogens with one attached hydrogen (secondary N) is 2. The van der Waals surface area contributed by atoms with Crippen LogP contribution in [-0.4, -0.2) is 49.2 Å². The molecule has 0 bridgehead atoms. The maximum Gasteiger partial charge on any atom is 0.289 e. The summed E-state index contributed by atoms with van der Waals surface area (Å²) in [5, 5.41) is 5.70. The van der Waals surface area contributed by atoms with Gasteiger partial charge in [0.25, 0.3) is 5.91 Å². The van der Waals surface area contributed by atoms with Gasteiger partial charge in [0, 0.05) is 11.6 Å². The largest absolute Gasteiger partial charge is 0.346 e. The van der Waals surface area contributed by atoms with E-state index in [2.05, 4.69) is 10.6 Å². The van der Waals surface area contributed by atoms with Crippen molar-refractivity contribution in [1.82, 2.24) is 10.6 Å². The van der Waals surface area contributed by atoms with Gasteiger partial charge in [-0.05, 0) is 33.6 Å². The molecule has 0 aromatic rings. The molecule has 1 heterocycles. The highest BCUT2D eigenvalue weighted by Crippen LogP contribution is 2.12. The van der Waals surface area contributed by atoms with Crippen molar-refractivity contribution in [3.63, 3.8) is 0 Å². The van der Waals surface area contributed by atoms with Crippen LogP contribution >= 0.6 is 0 Å². The van der Waals surface area contributed by atoms with Crippen LogP contribution in [0.25, 0.3) is 0 Å². The molecule has 0 aromatic heterocycles. The molecule has 2 atom stereocenters. The van der Waals surface area contributed by atoms with E-state index in [0.29, 0.717) is 12.8 Å². The van der Waals surface area contributed by atoms with Gasteiger partial charge in [-0.1, -0.05) is 13.3 Å². The van der Waals surface area contributed by atoms with Crippen molar-refractivity contribution < 1.29 is 18.0 Å². The molecule has 1 saturated heterocycles. The van der Waals surface area contributed by atoms with Gasteiger partial charge in [-0.3, -0.25) is 9.59 Å².